The smallest absolute Gasteiger partial charge is 0.340 e. The van der Waals surface area contributed by atoms with E-state index in [1.807, 2.05) is 30.5 Å². The molecule has 2 aromatic carbocycles. The number of thioether (sulfide) groups is 1. The topological polar surface area (TPSA) is 46.6 Å². The summed E-state index contributed by atoms with van der Waals surface area (Å²) in [5.74, 6) is -0.812. The van der Waals surface area contributed by atoms with Gasteiger partial charge in [0, 0.05) is 21.3 Å². The van der Waals surface area contributed by atoms with Crippen LogP contribution in [0.15, 0.2) is 70.3 Å². The highest BCUT2D eigenvalue weighted by molar-refractivity contribution is 7.98. The number of anilines is 1. The van der Waals surface area contributed by atoms with E-state index in [2.05, 4.69) is 0 Å². The first-order valence-electron chi connectivity index (χ1n) is 8.21. The summed E-state index contributed by atoms with van der Waals surface area (Å²) < 4.78 is 4.92. The first-order chi connectivity index (χ1) is 13.0. The van der Waals surface area contributed by atoms with Crippen molar-refractivity contribution >= 4 is 47.0 Å². The Morgan fingerprint density at radius 2 is 1.74 bits per heavy atom. The Kier molecular flexibility index (Phi) is 5.73. The normalized spacial score (nSPS) is 15.6. The zero-order valence-electron chi connectivity index (χ0n) is 15.2. The number of amides is 1. The lowest BCUT2D eigenvalue weighted by molar-refractivity contribution is -0.136. The molecule has 0 saturated carbocycles. The van der Waals surface area contributed by atoms with Gasteiger partial charge in [-0.05, 0) is 61.2 Å². The maximum atomic E-state index is 13.1. The number of esters is 1. The Morgan fingerprint density at radius 3 is 2.30 bits per heavy atom. The summed E-state index contributed by atoms with van der Waals surface area (Å²) in [6.45, 7) is 1.73. The van der Waals surface area contributed by atoms with Crippen molar-refractivity contribution in [1.29, 1.82) is 0 Å². The van der Waals surface area contributed by atoms with Crippen molar-refractivity contribution in [1.82, 2.24) is 0 Å². The van der Waals surface area contributed by atoms with E-state index in [1.165, 1.54) is 12.0 Å². The quantitative estimate of drug-likeness (QED) is 0.415. The lowest BCUT2D eigenvalue weighted by Gasteiger charge is -2.17. The van der Waals surface area contributed by atoms with Crippen LogP contribution in [0, 0.1) is 0 Å². The molecule has 0 aromatic heterocycles. The zero-order valence-corrected chi connectivity index (χ0v) is 16.7. The molecule has 27 heavy (non-hydrogen) atoms. The Bertz CT molecular complexity index is 946. The van der Waals surface area contributed by atoms with Crippen LogP contribution in [0.2, 0.25) is 5.02 Å². The van der Waals surface area contributed by atoms with E-state index >= 15 is 0 Å². The largest absolute Gasteiger partial charge is 0.465 e. The maximum absolute atomic E-state index is 13.1. The van der Waals surface area contributed by atoms with Gasteiger partial charge in [-0.1, -0.05) is 23.7 Å². The van der Waals surface area contributed by atoms with Gasteiger partial charge in [-0.25, -0.2) is 4.79 Å². The summed E-state index contributed by atoms with van der Waals surface area (Å²) in [7, 11) is 1.31. The predicted octanol–water partition coefficient (Wildman–Crippen LogP) is 4.94. The van der Waals surface area contributed by atoms with Gasteiger partial charge in [0.25, 0.3) is 5.91 Å². The molecule has 0 saturated heterocycles. The van der Waals surface area contributed by atoms with E-state index in [4.69, 9.17) is 16.3 Å². The van der Waals surface area contributed by atoms with Gasteiger partial charge in [0.15, 0.2) is 0 Å². The zero-order chi connectivity index (χ0) is 19.6. The summed E-state index contributed by atoms with van der Waals surface area (Å²) >= 11 is 7.59. The number of rotatable bonds is 4. The number of methoxy groups -OCH3 is 1. The SMILES string of the molecule is COC(=O)C1=C(C)N(c2ccc(Cl)cc2)C(=O)/C1=C\c1ccc(SC)cc1. The summed E-state index contributed by atoms with van der Waals surface area (Å²) in [6, 6.07) is 14.7. The molecule has 0 fully saturated rings. The number of carbonyl (C=O) groups is 2. The van der Waals surface area contributed by atoms with Crippen molar-refractivity contribution in [3.8, 4) is 0 Å². The number of allylic oxidation sites excluding steroid dienone is 1. The third-order valence-electron chi connectivity index (χ3n) is 4.30. The molecule has 1 heterocycles. The molecule has 1 aliphatic rings. The van der Waals surface area contributed by atoms with Gasteiger partial charge in [0.2, 0.25) is 0 Å². The highest BCUT2D eigenvalue weighted by Gasteiger charge is 2.37. The minimum absolute atomic E-state index is 0.270. The molecule has 0 aliphatic carbocycles. The summed E-state index contributed by atoms with van der Waals surface area (Å²) in [4.78, 5) is 28.1. The summed E-state index contributed by atoms with van der Waals surface area (Å²) in [6.07, 6.45) is 3.72. The van der Waals surface area contributed by atoms with Crippen LogP contribution in [0.25, 0.3) is 6.08 Å². The Morgan fingerprint density at radius 1 is 1.11 bits per heavy atom. The van der Waals surface area contributed by atoms with E-state index in [0.717, 1.165) is 10.5 Å². The lowest BCUT2D eigenvalue weighted by Crippen LogP contribution is -2.24. The van der Waals surface area contributed by atoms with Gasteiger partial charge >= 0.3 is 5.97 Å². The number of benzene rings is 2. The van der Waals surface area contributed by atoms with Crippen molar-refractivity contribution in [2.24, 2.45) is 0 Å². The molecule has 0 N–H and O–H groups in total. The number of ether oxygens (including phenoxy) is 1. The van der Waals surface area contributed by atoms with Gasteiger partial charge in [-0.3, -0.25) is 9.69 Å². The van der Waals surface area contributed by atoms with Gasteiger partial charge < -0.3 is 4.74 Å². The molecular weight excluding hydrogens is 382 g/mol. The fraction of sp³-hybridized carbons (Fsp3) is 0.143. The summed E-state index contributed by atoms with van der Waals surface area (Å²) in [5, 5.41) is 0.574. The molecule has 0 atom stereocenters. The minimum Gasteiger partial charge on any atom is -0.465 e. The molecule has 0 unspecified atom stereocenters. The molecule has 2 aromatic rings. The van der Waals surface area contributed by atoms with Crippen LogP contribution in [0.1, 0.15) is 12.5 Å². The van der Waals surface area contributed by atoms with Gasteiger partial charge in [0.05, 0.1) is 18.3 Å². The third kappa shape index (κ3) is 3.80. The molecule has 0 radical (unpaired) electrons. The van der Waals surface area contributed by atoms with Crippen molar-refractivity contribution in [2.75, 3.05) is 18.3 Å². The van der Waals surface area contributed by atoms with Crippen LogP contribution >= 0.6 is 23.4 Å². The highest BCUT2D eigenvalue weighted by Crippen LogP contribution is 2.35. The molecule has 6 heteroatoms. The van der Waals surface area contributed by atoms with Crippen LogP contribution in [0.5, 0.6) is 0 Å². The van der Waals surface area contributed by atoms with Crippen LogP contribution < -0.4 is 4.90 Å². The molecule has 0 spiro atoms. The van der Waals surface area contributed by atoms with E-state index in [1.54, 1.807) is 49.0 Å². The fourth-order valence-corrected chi connectivity index (χ4v) is 3.48. The highest BCUT2D eigenvalue weighted by atomic mass is 35.5. The molecule has 4 nitrogen and oxygen atoms in total. The number of nitrogens with zero attached hydrogens (tertiary/aromatic N) is 1. The Labute approximate surface area is 167 Å². The van der Waals surface area contributed by atoms with E-state index in [-0.39, 0.29) is 11.5 Å². The second-order valence-corrected chi connectivity index (χ2v) is 7.22. The van der Waals surface area contributed by atoms with Crippen LogP contribution in [0.3, 0.4) is 0 Å². The first-order valence-corrected chi connectivity index (χ1v) is 9.82. The minimum atomic E-state index is -0.538. The molecule has 1 amide bonds. The second-order valence-electron chi connectivity index (χ2n) is 5.90. The third-order valence-corrected chi connectivity index (χ3v) is 5.30. The second kappa shape index (κ2) is 8.03. The standard InChI is InChI=1S/C21H18ClNO3S/c1-13-19(21(25)26-2)18(12-14-4-10-17(27-3)11-5-14)20(24)23(13)16-8-6-15(22)7-9-16/h4-12H,1-3H3/b18-12-. The van der Waals surface area contributed by atoms with Crippen LogP contribution in [-0.4, -0.2) is 25.2 Å². The first kappa shape index (κ1) is 19.3. The fourth-order valence-electron chi connectivity index (χ4n) is 2.95. The average Bonchev–Trinajstić information content (AvgIpc) is 2.92. The monoisotopic (exact) mass is 399 g/mol. The van der Waals surface area contributed by atoms with Crippen molar-refractivity contribution < 1.29 is 14.3 Å². The molecule has 3 rings (SSSR count). The maximum Gasteiger partial charge on any atom is 0.340 e. The molecule has 138 valence electrons. The Balaban J connectivity index is 2.09. The molecular formula is C21H18ClNO3S. The van der Waals surface area contributed by atoms with Gasteiger partial charge in [0.1, 0.15) is 0 Å². The van der Waals surface area contributed by atoms with E-state index in [9.17, 15) is 9.59 Å². The lowest BCUT2D eigenvalue weighted by atomic mass is 10.0. The predicted molar refractivity (Wildman–Crippen MR) is 110 cm³/mol. The van der Waals surface area contributed by atoms with Crippen molar-refractivity contribution in [2.45, 2.75) is 11.8 Å². The van der Waals surface area contributed by atoms with Gasteiger partial charge in [-0.15, -0.1) is 11.8 Å². The number of hydrogen-bond donors (Lipinski definition) is 0. The molecule has 0 bridgehead atoms. The molecule has 1 aliphatic heterocycles. The van der Waals surface area contributed by atoms with Crippen molar-refractivity contribution in [3.63, 3.8) is 0 Å². The van der Waals surface area contributed by atoms with E-state index in [0.29, 0.717) is 22.0 Å². The average molecular weight is 400 g/mol. The number of carbonyl (C=O) groups excluding carboxylic acids is 2. The van der Waals surface area contributed by atoms with E-state index < -0.39 is 5.97 Å². The Hall–Kier alpha value is -2.50. The van der Waals surface area contributed by atoms with Crippen LogP contribution in [-0.2, 0) is 14.3 Å². The summed E-state index contributed by atoms with van der Waals surface area (Å²) in [5.41, 5.74) is 2.59. The van der Waals surface area contributed by atoms with Crippen molar-refractivity contribution in [3.05, 3.63) is 76.0 Å². The number of halogens is 1. The van der Waals surface area contributed by atoms with Crippen LogP contribution in [0.4, 0.5) is 5.69 Å². The van der Waals surface area contributed by atoms with Gasteiger partial charge in [-0.2, -0.15) is 0 Å². The number of hydrogen-bond acceptors (Lipinski definition) is 4.